The zero-order chi connectivity index (χ0) is 6.85. The fourth-order valence-electron chi connectivity index (χ4n) is 0.354. The van der Waals surface area contributed by atoms with Gasteiger partial charge in [-0.05, 0) is 40.2 Å². The molecule has 1 aromatic rings. The second kappa shape index (κ2) is 2.61. The number of nitrogens with zero attached hydrogens (tertiary/aromatic N) is 1. The van der Waals surface area contributed by atoms with Crippen molar-refractivity contribution in [1.29, 1.82) is 0 Å². The zero-order valence-electron chi connectivity index (χ0n) is 4.17. The number of aromatic carboxylic acids is 1. The number of carboxylic acid groups (broad SMARTS) is 1. The van der Waals surface area contributed by atoms with Crippen molar-refractivity contribution >= 4 is 40.1 Å². The molecule has 9 heavy (non-hydrogen) atoms. The summed E-state index contributed by atoms with van der Waals surface area (Å²) in [5.74, 6) is -0.907. The van der Waals surface area contributed by atoms with Crippen LogP contribution < -0.4 is 0 Å². The third-order valence-electron chi connectivity index (χ3n) is 0.692. The van der Waals surface area contributed by atoms with Crippen molar-refractivity contribution in [2.24, 2.45) is 0 Å². The summed E-state index contributed by atoms with van der Waals surface area (Å²) in [6.07, 6.45) is 0. The van der Waals surface area contributed by atoms with Gasteiger partial charge in [0.2, 0.25) is 0 Å². The molecule has 0 aliphatic rings. The Morgan fingerprint density at radius 2 is 2.56 bits per heavy atom. The molecule has 0 bridgehead atoms. The average molecular weight is 255 g/mol. The molecule has 5 heteroatoms. The number of carbonyl (C=O) groups is 1. The lowest BCUT2D eigenvalue weighted by molar-refractivity contribution is 0.0702. The van der Waals surface area contributed by atoms with E-state index in [0.717, 1.165) is 15.2 Å². The Kier molecular flexibility index (Phi) is 2.01. The maximum Gasteiger partial charge on any atom is 0.347 e. The molecule has 0 aromatic carbocycles. The molecule has 0 amide bonds. The second-order valence-electron chi connectivity index (χ2n) is 1.32. The third kappa shape index (κ3) is 1.62. The highest BCUT2D eigenvalue weighted by atomic mass is 127. The van der Waals surface area contributed by atoms with E-state index >= 15 is 0 Å². The summed E-state index contributed by atoms with van der Waals surface area (Å²) >= 11 is 2.97. The van der Waals surface area contributed by atoms with Crippen molar-refractivity contribution < 1.29 is 9.90 Å². The first-order chi connectivity index (χ1) is 4.20. The predicted octanol–water partition coefficient (Wildman–Crippen LogP) is 1.45. The molecule has 1 heterocycles. The van der Waals surface area contributed by atoms with Gasteiger partial charge in [-0.1, -0.05) is 0 Å². The lowest BCUT2D eigenvalue weighted by atomic mass is 10.5. The Hall–Kier alpha value is -0.170. The van der Waals surface area contributed by atoms with E-state index in [1.54, 1.807) is 0 Å². The minimum absolute atomic E-state index is 0.291. The van der Waals surface area contributed by atoms with Crippen molar-refractivity contribution in [2.45, 2.75) is 0 Å². The fraction of sp³-hybridized carbons (Fsp3) is 0. The molecule has 1 rings (SSSR count). The van der Waals surface area contributed by atoms with E-state index in [9.17, 15) is 4.79 Å². The first kappa shape index (κ1) is 6.94. The molecule has 48 valence electrons. The third-order valence-corrected chi connectivity index (χ3v) is 2.35. The maximum atomic E-state index is 10.2. The fourth-order valence-corrected chi connectivity index (χ4v) is 1.65. The number of hydrogen-bond acceptors (Lipinski definition) is 3. The Labute approximate surface area is 69.0 Å². The SMILES string of the molecule is O=C(O)c1cc(I)ns1. The van der Waals surface area contributed by atoms with E-state index in [0.29, 0.717) is 4.88 Å². The summed E-state index contributed by atoms with van der Waals surface area (Å²) in [6, 6.07) is 1.54. The van der Waals surface area contributed by atoms with E-state index in [1.807, 2.05) is 22.6 Å². The van der Waals surface area contributed by atoms with Crippen LogP contribution in [0.15, 0.2) is 6.07 Å². The van der Waals surface area contributed by atoms with Gasteiger partial charge < -0.3 is 5.11 Å². The Morgan fingerprint density at radius 1 is 1.89 bits per heavy atom. The van der Waals surface area contributed by atoms with Crippen LogP contribution >= 0.6 is 34.1 Å². The van der Waals surface area contributed by atoms with Crippen LogP contribution in [0.1, 0.15) is 9.67 Å². The number of halogens is 1. The van der Waals surface area contributed by atoms with Crippen LogP contribution in [0.5, 0.6) is 0 Å². The van der Waals surface area contributed by atoms with E-state index in [-0.39, 0.29) is 0 Å². The molecule has 0 atom stereocenters. The van der Waals surface area contributed by atoms with Gasteiger partial charge in [0, 0.05) is 0 Å². The highest BCUT2D eigenvalue weighted by Crippen LogP contribution is 2.10. The number of aromatic nitrogens is 1. The van der Waals surface area contributed by atoms with Gasteiger partial charge in [-0.25, -0.2) is 4.79 Å². The Balaban J connectivity index is 2.98. The van der Waals surface area contributed by atoms with Crippen LogP contribution in [0.25, 0.3) is 0 Å². The molecule has 0 aliphatic heterocycles. The summed E-state index contributed by atoms with van der Waals surface area (Å²) < 4.78 is 4.52. The van der Waals surface area contributed by atoms with E-state index in [2.05, 4.69) is 4.37 Å². The maximum absolute atomic E-state index is 10.2. The highest BCUT2D eigenvalue weighted by molar-refractivity contribution is 14.1. The molecule has 0 aliphatic carbocycles. The number of carboxylic acids is 1. The summed E-state index contributed by atoms with van der Waals surface area (Å²) in [7, 11) is 0. The minimum Gasteiger partial charge on any atom is -0.477 e. The van der Waals surface area contributed by atoms with Crippen LogP contribution in [0, 0.1) is 3.70 Å². The van der Waals surface area contributed by atoms with E-state index in [4.69, 9.17) is 5.11 Å². The molecule has 0 unspecified atom stereocenters. The molecule has 0 spiro atoms. The van der Waals surface area contributed by atoms with Crippen LogP contribution in [-0.4, -0.2) is 15.4 Å². The van der Waals surface area contributed by atoms with Gasteiger partial charge in [-0.2, -0.15) is 4.37 Å². The molecule has 0 saturated heterocycles. The first-order valence-corrected chi connectivity index (χ1v) is 3.91. The smallest absolute Gasteiger partial charge is 0.347 e. The van der Waals surface area contributed by atoms with Gasteiger partial charge in [0.1, 0.15) is 8.58 Å². The lowest BCUT2D eigenvalue weighted by Crippen LogP contribution is -1.89. The minimum atomic E-state index is -0.907. The quantitative estimate of drug-likeness (QED) is 0.772. The van der Waals surface area contributed by atoms with Crippen LogP contribution in [0.3, 0.4) is 0 Å². The first-order valence-electron chi connectivity index (χ1n) is 2.05. The monoisotopic (exact) mass is 255 g/mol. The normalized spacial score (nSPS) is 9.44. The van der Waals surface area contributed by atoms with Crippen molar-refractivity contribution in [3.8, 4) is 0 Å². The molecule has 0 saturated carbocycles. The number of rotatable bonds is 1. The molecule has 0 radical (unpaired) electrons. The van der Waals surface area contributed by atoms with Gasteiger partial charge in [0.05, 0.1) is 0 Å². The van der Waals surface area contributed by atoms with Crippen molar-refractivity contribution in [3.05, 3.63) is 14.6 Å². The summed E-state index contributed by atoms with van der Waals surface area (Å²) in [5.41, 5.74) is 0. The van der Waals surface area contributed by atoms with Gasteiger partial charge >= 0.3 is 5.97 Å². The van der Waals surface area contributed by atoms with Crippen molar-refractivity contribution in [3.63, 3.8) is 0 Å². The standard InChI is InChI=1S/C4H2INO2S/c5-3-1-2(4(7)8)9-6-3/h1H,(H,7,8). The van der Waals surface area contributed by atoms with Gasteiger partial charge in [0.15, 0.2) is 0 Å². The summed E-state index contributed by atoms with van der Waals surface area (Å²) in [5, 5.41) is 8.37. The number of hydrogen-bond donors (Lipinski definition) is 1. The lowest BCUT2D eigenvalue weighted by Gasteiger charge is -1.77. The van der Waals surface area contributed by atoms with Crippen molar-refractivity contribution in [2.75, 3.05) is 0 Å². The van der Waals surface area contributed by atoms with Crippen LogP contribution in [0.2, 0.25) is 0 Å². The molecule has 1 aromatic heterocycles. The van der Waals surface area contributed by atoms with Crippen LogP contribution in [0.4, 0.5) is 0 Å². The topological polar surface area (TPSA) is 50.2 Å². The summed E-state index contributed by atoms with van der Waals surface area (Å²) in [4.78, 5) is 10.5. The molecular formula is C4H2INO2S. The second-order valence-corrected chi connectivity index (χ2v) is 3.23. The molecule has 0 fully saturated rings. The van der Waals surface area contributed by atoms with Crippen molar-refractivity contribution in [1.82, 2.24) is 4.37 Å². The highest BCUT2D eigenvalue weighted by Gasteiger charge is 2.05. The van der Waals surface area contributed by atoms with Gasteiger partial charge in [-0.15, -0.1) is 0 Å². The zero-order valence-corrected chi connectivity index (χ0v) is 7.14. The Bertz CT molecular complexity index is 234. The molecule has 3 nitrogen and oxygen atoms in total. The van der Waals surface area contributed by atoms with Gasteiger partial charge in [0.25, 0.3) is 0 Å². The Morgan fingerprint density at radius 3 is 2.78 bits per heavy atom. The van der Waals surface area contributed by atoms with E-state index < -0.39 is 5.97 Å². The largest absolute Gasteiger partial charge is 0.477 e. The van der Waals surface area contributed by atoms with Gasteiger partial charge in [-0.3, -0.25) is 0 Å². The summed E-state index contributed by atoms with van der Waals surface area (Å²) in [6.45, 7) is 0. The molecule has 1 N–H and O–H groups in total. The average Bonchev–Trinajstić information content (AvgIpc) is 2.14. The van der Waals surface area contributed by atoms with E-state index in [1.165, 1.54) is 6.07 Å². The molecular weight excluding hydrogens is 253 g/mol. The predicted molar refractivity (Wildman–Crippen MR) is 41.8 cm³/mol. The van der Waals surface area contributed by atoms with Crippen LogP contribution in [-0.2, 0) is 0 Å².